The van der Waals surface area contributed by atoms with E-state index < -0.39 is 0 Å². The van der Waals surface area contributed by atoms with Crippen molar-refractivity contribution in [3.05, 3.63) is 23.8 Å². The number of amides is 1. The summed E-state index contributed by atoms with van der Waals surface area (Å²) in [6.07, 6.45) is 1.00. The van der Waals surface area contributed by atoms with E-state index in [0.29, 0.717) is 0 Å². The van der Waals surface area contributed by atoms with Gasteiger partial charge in [0.05, 0.1) is 5.69 Å². The number of fused-ring (bicyclic) bond motifs is 1. The van der Waals surface area contributed by atoms with E-state index in [4.69, 9.17) is 4.74 Å². The van der Waals surface area contributed by atoms with Gasteiger partial charge in [-0.05, 0) is 44.6 Å². The Bertz CT molecular complexity index is 545. The Labute approximate surface area is 133 Å². The van der Waals surface area contributed by atoms with Crippen molar-refractivity contribution in [3.63, 3.8) is 0 Å². The van der Waals surface area contributed by atoms with Crippen LogP contribution in [0, 0.1) is 6.92 Å². The van der Waals surface area contributed by atoms with Crippen LogP contribution in [0.4, 0.5) is 5.69 Å². The number of carbonyl (C=O) groups is 1. The first kappa shape index (κ1) is 15.3. The minimum absolute atomic E-state index is 0. The average Bonchev–Trinajstić information content (AvgIpc) is 2.51. The zero-order valence-corrected chi connectivity index (χ0v) is 13.5. The first-order valence-corrected chi connectivity index (χ1v) is 8.08. The van der Waals surface area contributed by atoms with E-state index in [0.717, 1.165) is 62.7 Å². The Morgan fingerprint density at radius 3 is 2.73 bits per heavy atom. The molecule has 0 aliphatic carbocycles. The molecule has 5 heteroatoms. The number of piperazine rings is 1. The summed E-state index contributed by atoms with van der Waals surface area (Å²) >= 11 is 0. The van der Waals surface area contributed by atoms with Crippen LogP contribution in [0.5, 0.6) is 5.75 Å². The molecule has 0 spiro atoms. The quantitative estimate of drug-likeness (QED) is 0.847. The summed E-state index contributed by atoms with van der Waals surface area (Å²) in [6.45, 7) is 8.56. The van der Waals surface area contributed by atoms with Gasteiger partial charge in [-0.3, -0.25) is 4.79 Å². The SMILES string of the molecule is Cc1ccc2c(c1)N(CCCN1CCN(C)CC1)C(=O)CO2.[HH]. The van der Waals surface area contributed by atoms with Gasteiger partial charge in [0.25, 0.3) is 5.91 Å². The highest BCUT2D eigenvalue weighted by molar-refractivity contribution is 5.97. The topological polar surface area (TPSA) is 36.0 Å². The molecule has 0 bridgehead atoms. The molecule has 0 N–H and O–H groups in total. The molecule has 0 atom stereocenters. The highest BCUT2D eigenvalue weighted by Crippen LogP contribution is 2.32. The standard InChI is InChI=1S/C17H25N3O2.H2/c1-14-4-5-16-15(12-14)20(17(21)13-22-16)7-3-6-19-10-8-18(2)9-11-19;/h4-5,12H,3,6-11,13H2,1-2H3;1H. The van der Waals surface area contributed by atoms with Gasteiger partial charge in [-0.15, -0.1) is 0 Å². The van der Waals surface area contributed by atoms with E-state index in [1.807, 2.05) is 30.0 Å². The Morgan fingerprint density at radius 1 is 1.18 bits per heavy atom. The number of aryl methyl sites for hydroxylation is 1. The molecule has 1 aromatic carbocycles. The molecule has 3 rings (SSSR count). The van der Waals surface area contributed by atoms with Crippen LogP contribution in [0.1, 0.15) is 13.4 Å². The van der Waals surface area contributed by atoms with Gasteiger partial charge in [0.1, 0.15) is 5.75 Å². The maximum atomic E-state index is 12.2. The van der Waals surface area contributed by atoms with Crippen molar-refractivity contribution in [1.29, 1.82) is 0 Å². The molecule has 5 nitrogen and oxygen atoms in total. The van der Waals surface area contributed by atoms with Crippen LogP contribution in [-0.4, -0.2) is 68.6 Å². The lowest BCUT2D eigenvalue weighted by atomic mass is 10.1. The second-order valence-electron chi connectivity index (χ2n) is 6.30. The van der Waals surface area contributed by atoms with Crippen LogP contribution in [-0.2, 0) is 4.79 Å². The molecular formula is C17H27N3O2. The molecule has 0 unspecified atom stereocenters. The van der Waals surface area contributed by atoms with Crippen molar-refractivity contribution >= 4 is 11.6 Å². The van der Waals surface area contributed by atoms with Crippen LogP contribution >= 0.6 is 0 Å². The average molecular weight is 305 g/mol. The second-order valence-corrected chi connectivity index (χ2v) is 6.30. The highest BCUT2D eigenvalue weighted by Gasteiger charge is 2.25. The van der Waals surface area contributed by atoms with E-state index in [1.165, 1.54) is 0 Å². The number of hydrogen-bond donors (Lipinski definition) is 0. The number of carbonyl (C=O) groups excluding carboxylic acids is 1. The van der Waals surface area contributed by atoms with Gasteiger partial charge in [-0.1, -0.05) is 6.07 Å². The summed E-state index contributed by atoms with van der Waals surface area (Å²) in [7, 11) is 2.17. The third-order valence-corrected chi connectivity index (χ3v) is 4.51. The van der Waals surface area contributed by atoms with Crippen molar-refractivity contribution in [3.8, 4) is 5.75 Å². The van der Waals surface area contributed by atoms with Gasteiger partial charge in [0.15, 0.2) is 6.61 Å². The van der Waals surface area contributed by atoms with E-state index in [2.05, 4.69) is 16.8 Å². The summed E-state index contributed by atoms with van der Waals surface area (Å²) in [4.78, 5) is 18.9. The minimum atomic E-state index is 0. The molecule has 0 radical (unpaired) electrons. The fraction of sp³-hybridized carbons (Fsp3) is 0.588. The minimum Gasteiger partial charge on any atom is -0.482 e. The molecule has 2 aliphatic heterocycles. The van der Waals surface area contributed by atoms with Crippen LogP contribution in [0.15, 0.2) is 18.2 Å². The number of likely N-dealkylation sites (N-methyl/N-ethyl adjacent to an activating group) is 1. The van der Waals surface area contributed by atoms with Crippen LogP contribution < -0.4 is 9.64 Å². The third-order valence-electron chi connectivity index (χ3n) is 4.51. The normalized spacial score (nSPS) is 19.9. The molecule has 1 aromatic rings. The Morgan fingerprint density at radius 2 is 1.95 bits per heavy atom. The monoisotopic (exact) mass is 305 g/mol. The zero-order chi connectivity index (χ0) is 15.5. The second kappa shape index (κ2) is 6.67. The van der Waals surface area contributed by atoms with Crippen molar-refractivity contribution in [2.45, 2.75) is 13.3 Å². The lowest BCUT2D eigenvalue weighted by molar-refractivity contribution is -0.121. The van der Waals surface area contributed by atoms with Gasteiger partial charge < -0.3 is 19.4 Å². The van der Waals surface area contributed by atoms with Crippen LogP contribution in [0.2, 0.25) is 0 Å². The fourth-order valence-electron chi connectivity index (χ4n) is 3.08. The largest absolute Gasteiger partial charge is 0.482 e. The molecule has 1 saturated heterocycles. The number of nitrogens with zero attached hydrogens (tertiary/aromatic N) is 3. The lowest BCUT2D eigenvalue weighted by Gasteiger charge is -2.34. The Kier molecular flexibility index (Phi) is 4.64. The smallest absolute Gasteiger partial charge is 0.265 e. The van der Waals surface area contributed by atoms with E-state index in [1.54, 1.807) is 0 Å². The van der Waals surface area contributed by atoms with Crippen molar-refractivity contribution in [2.75, 3.05) is 57.8 Å². The van der Waals surface area contributed by atoms with Gasteiger partial charge >= 0.3 is 0 Å². The molecule has 22 heavy (non-hydrogen) atoms. The van der Waals surface area contributed by atoms with Crippen molar-refractivity contribution in [2.24, 2.45) is 0 Å². The van der Waals surface area contributed by atoms with Gasteiger partial charge in [0.2, 0.25) is 0 Å². The highest BCUT2D eigenvalue weighted by atomic mass is 16.5. The summed E-state index contributed by atoms with van der Waals surface area (Å²) in [5.74, 6) is 0.890. The number of hydrogen-bond acceptors (Lipinski definition) is 4. The fourth-order valence-corrected chi connectivity index (χ4v) is 3.08. The van der Waals surface area contributed by atoms with Crippen molar-refractivity contribution < 1.29 is 11.0 Å². The van der Waals surface area contributed by atoms with E-state index in [-0.39, 0.29) is 13.9 Å². The van der Waals surface area contributed by atoms with E-state index in [9.17, 15) is 4.79 Å². The van der Waals surface area contributed by atoms with Gasteiger partial charge in [-0.25, -0.2) is 0 Å². The number of anilines is 1. The molecule has 0 aromatic heterocycles. The molecule has 2 aliphatic rings. The number of benzene rings is 1. The first-order valence-electron chi connectivity index (χ1n) is 8.08. The lowest BCUT2D eigenvalue weighted by Crippen LogP contribution is -2.46. The number of rotatable bonds is 4. The maximum absolute atomic E-state index is 12.2. The Balaban J connectivity index is 0.00000192. The van der Waals surface area contributed by atoms with E-state index >= 15 is 0 Å². The summed E-state index contributed by atoms with van der Waals surface area (Å²) < 4.78 is 5.52. The van der Waals surface area contributed by atoms with Crippen LogP contribution in [0.25, 0.3) is 0 Å². The molecule has 1 amide bonds. The molecule has 2 heterocycles. The summed E-state index contributed by atoms with van der Waals surface area (Å²) in [6, 6.07) is 6.03. The Hall–Kier alpha value is -1.59. The maximum Gasteiger partial charge on any atom is 0.265 e. The molecule has 1 fully saturated rings. The number of ether oxygens (including phenoxy) is 1. The molecular weight excluding hydrogens is 278 g/mol. The summed E-state index contributed by atoms with van der Waals surface area (Å²) in [5, 5.41) is 0. The van der Waals surface area contributed by atoms with Crippen molar-refractivity contribution in [1.82, 2.24) is 9.80 Å². The van der Waals surface area contributed by atoms with Crippen LogP contribution in [0.3, 0.4) is 0 Å². The predicted molar refractivity (Wildman–Crippen MR) is 89.7 cm³/mol. The predicted octanol–water partition coefficient (Wildman–Crippen LogP) is 1.60. The third kappa shape index (κ3) is 3.42. The molecule has 122 valence electrons. The summed E-state index contributed by atoms with van der Waals surface area (Å²) in [5.41, 5.74) is 2.08. The molecule has 0 saturated carbocycles. The zero-order valence-electron chi connectivity index (χ0n) is 13.5. The van der Waals surface area contributed by atoms with Gasteiger partial charge in [-0.2, -0.15) is 0 Å². The van der Waals surface area contributed by atoms with Gasteiger partial charge in [0, 0.05) is 34.2 Å². The first-order chi connectivity index (χ1) is 10.6.